The van der Waals surface area contributed by atoms with Crippen molar-refractivity contribution in [3.8, 4) is 11.5 Å². The predicted molar refractivity (Wildman–Crippen MR) is 150 cm³/mol. The number of Topliss-reactive ketones (excluding diaryl/α,β-unsaturated/α-hetero) is 1. The monoisotopic (exact) mass is 536 g/mol. The molecule has 1 unspecified atom stereocenters. The van der Waals surface area contributed by atoms with E-state index in [4.69, 9.17) is 14.2 Å². The van der Waals surface area contributed by atoms with Crippen LogP contribution in [0.3, 0.4) is 0 Å². The molecule has 0 radical (unpaired) electrons. The molecule has 2 fully saturated rings. The van der Waals surface area contributed by atoms with Crippen LogP contribution in [0.4, 0.5) is 0 Å². The van der Waals surface area contributed by atoms with Crippen molar-refractivity contribution in [2.45, 2.75) is 45.6 Å². The highest BCUT2D eigenvalue weighted by Crippen LogP contribution is 2.40. The lowest BCUT2D eigenvalue weighted by atomic mass is 9.95. The maximum absolute atomic E-state index is 13.3. The van der Waals surface area contributed by atoms with Gasteiger partial charge >= 0.3 is 0 Å². The minimum absolute atomic E-state index is 0.105. The van der Waals surface area contributed by atoms with Crippen LogP contribution in [0.2, 0.25) is 0 Å². The Morgan fingerprint density at radius 2 is 1.51 bits per heavy atom. The first-order chi connectivity index (χ1) is 19.0. The molecule has 2 aromatic rings. The van der Waals surface area contributed by atoms with E-state index in [0.29, 0.717) is 50.7 Å². The van der Waals surface area contributed by atoms with Gasteiger partial charge in [0.05, 0.1) is 38.0 Å². The van der Waals surface area contributed by atoms with Crippen molar-refractivity contribution in [1.82, 2.24) is 9.80 Å². The van der Waals surface area contributed by atoms with Crippen LogP contribution in [-0.4, -0.2) is 79.2 Å². The Balaban J connectivity index is 1.61. The van der Waals surface area contributed by atoms with Gasteiger partial charge in [-0.15, -0.1) is 0 Å². The minimum Gasteiger partial charge on any atom is -0.507 e. The van der Waals surface area contributed by atoms with E-state index in [1.165, 1.54) is 0 Å². The van der Waals surface area contributed by atoms with Crippen molar-refractivity contribution in [2.75, 3.05) is 52.6 Å². The summed E-state index contributed by atoms with van der Waals surface area (Å²) in [6.07, 6.45) is 3.61. The van der Waals surface area contributed by atoms with Gasteiger partial charge in [0.2, 0.25) is 0 Å². The third kappa shape index (κ3) is 7.19. The average Bonchev–Trinajstić information content (AvgIpc) is 3.22. The lowest BCUT2D eigenvalue weighted by Gasteiger charge is -2.29. The molecule has 2 saturated heterocycles. The number of amides is 1. The van der Waals surface area contributed by atoms with E-state index >= 15 is 0 Å². The number of likely N-dealkylation sites (tertiary alicyclic amines) is 1. The summed E-state index contributed by atoms with van der Waals surface area (Å²) in [6, 6.07) is 13.7. The Kier molecular flexibility index (Phi) is 10.4. The van der Waals surface area contributed by atoms with Gasteiger partial charge in [-0.2, -0.15) is 0 Å². The number of unbranched alkanes of at least 4 members (excludes halogenated alkanes) is 1. The molecule has 4 rings (SSSR count). The molecule has 0 bridgehead atoms. The molecular weight excluding hydrogens is 496 g/mol. The standard InChI is InChI=1S/C31H40N2O6/c1-3-5-20-39-26-13-9-24(10-14-26)29(34)27-28(23-7-11-25(12-8-23)38-19-4-2)33(31(36)30(27)35)16-6-15-32-17-21-37-22-18-32/h7-14,28,34H,3-6,15-22H2,1-2H3/b29-27+. The molecule has 8 heteroatoms. The first-order valence-electron chi connectivity index (χ1n) is 14.1. The van der Waals surface area contributed by atoms with Crippen LogP contribution in [0.1, 0.15) is 56.7 Å². The molecule has 0 saturated carbocycles. The highest BCUT2D eigenvalue weighted by Gasteiger charge is 2.45. The van der Waals surface area contributed by atoms with Crippen LogP contribution in [-0.2, 0) is 14.3 Å². The Hall–Kier alpha value is -3.36. The van der Waals surface area contributed by atoms with Crippen molar-refractivity contribution in [3.63, 3.8) is 0 Å². The second kappa shape index (κ2) is 14.1. The zero-order valence-corrected chi connectivity index (χ0v) is 23.1. The lowest BCUT2D eigenvalue weighted by molar-refractivity contribution is -0.140. The number of hydrogen-bond donors (Lipinski definition) is 1. The summed E-state index contributed by atoms with van der Waals surface area (Å²) in [7, 11) is 0. The number of hydrogen-bond acceptors (Lipinski definition) is 7. The number of aliphatic hydroxyl groups excluding tert-OH is 1. The average molecular weight is 537 g/mol. The van der Waals surface area contributed by atoms with Gasteiger partial charge < -0.3 is 24.2 Å². The largest absolute Gasteiger partial charge is 0.507 e. The fourth-order valence-corrected chi connectivity index (χ4v) is 4.91. The molecule has 210 valence electrons. The second-order valence-electron chi connectivity index (χ2n) is 9.94. The summed E-state index contributed by atoms with van der Waals surface area (Å²) < 4.78 is 16.9. The zero-order valence-electron chi connectivity index (χ0n) is 23.1. The van der Waals surface area contributed by atoms with Crippen LogP contribution >= 0.6 is 0 Å². The normalized spacial score (nSPS) is 19.4. The third-order valence-corrected chi connectivity index (χ3v) is 7.08. The number of aliphatic hydroxyl groups is 1. The summed E-state index contributed by atoms with van der Waals surface area (Å²) >= 11 is 0. The van der Waals surface area contributed by atoms with Crippen LogP contribution < -0.4 is 9.47 Å². The summed E-state index contributed by atoms with van der Waals surface area (Å²) in [6.45, 7) is 9.72. The summed E-state index contributed by atoms with van der Waals surface area (Å²) in [5.74, 6) is -0.0143. The zero-order chi connectivity index (χ0) is 27.6. The number of ketones is 1. The molecule has 2 heterocycles. The van der Waals surface area contributed by atoms with E-state index in [-0.39, 0.29) is 11.3 Å². The van der Waals surface area contributed by atoms with Crippen molar-refractivity contribution in [2.24, 2.45) is 0 Å². The summed E-state index contributed by atoms with van der Waals surface area (Å²) in [5.41, 5.74) is 1.33. The Bertz CT molecular complexity index is 1120. The molecule has 2 aliphatic rings. The number of morpholine rings is 1. The summed E-state index contributed by atoms with van der Waals surface area (Å²) in [5, 5.41) is 11.4. The predicted octanol–water partition coefficient (Wildman–Crippen LogP) is 4.80. The molecule has 39 heavy (non-hydrogen) atoms. The Morgan fingerprint density at radius 3 is 2.15 bits per heavy atom. The second-order valence-corrected chi connectivity index (χ2v) is 9.94. The summed E-state index contributed by atoms with van der Waals surface area (Å²) in [4.78, 5) is 30.5. The number of rotatable bonds is 13. The number of ether oxygens (including phenoxy) is 3. The van der Waals surface area contributed by atoms with E-state index in [2.05, 4.69) is 11.8 Å². The van der Waals surface area contributed by atoms with E-state index in [1.54, 1.807) is 29.2 Å². The molecule has 0 spiro atoms. The molecular formula is C31H40N2O6. The maximum Gasteiger partial charge on any atom is 0.295 e. The first-order valence-corrected chi connectivity index (χ1v) is 14.1. The molecule has 0 aliphatic carbocycles. The van der Waals surface area contributed by atoms with E-state index in [9.17, 15) is 14.7 Å². The molecule has 2 aliphatic heterocycles. The fraction of sp³-hybridized carbons (Fsp3) is 0.484. The Morgan fingerprint density at radius 1 is 0.872 bits per heavy atom. The van der Waals surface area contributed by atoms with Crippen molar-refractivity contribution < 1.29 is 28.9 Å². The SMILES string of the molecule is CCCCOc1ccc(/C(O)=C2\C(=O)C(=O)N(CCCN3CCOCC3)C2c2ccc(OCCC)cc2)cc1. The van der Waals surface area contributed by atoms with Crippen LogP contribution in [0.25, 0.3) is 5.76 Å². The van der Waals surface area contributed by atoms with Gasteiger partial charge in [-0.05, 0) is 61.2 Å². The van der Waals surface area contributed by atoms with Gasteiger partial charge in [-0.3, -0.25) is 14.5 Å². The highest BCUT2D eigenvalue weighted by molar-refractivity contribution is 6.46. The van der Waals surface area contributed by atoms with E-state index in [0.717, 1.165) is 50.2 Å². The fourth-order valence-electron chi connectivity index (χ4n) is 4.91. The molecule has 1 atom stereocenters. The quantitative estimate of drug-likeness (QED) is 0.170. The van der Waals surface area contributed by atoms with Crippen LogP contribution in [0, 0.1) is 0 Å². The van der Waals surface area contributed by atoms with Crippen LogP contribution in [0.5, 0.6) is 11.5 Å². The number of carbonyl (C=O) groups excluding carboxylic acids is 2. The van der Waals surface area contributed by atoms with Gasteiger partial charge in [0.1, 0.15) is 17.3 Å². The number of carbonyl (C=O) groups is 2. The molecule has 1 amide bonds. The van der Waals surface area contributed by atoms with Crippen molar-refractivity contribution in [3.05, 3.63) is 65.2 Å². The molecule has 2 aromatic carbocycles. The van der Waals surface area contributed by atoms with E-state index < -0.39 is 17.7 Å². The van der Waals surface area contributed by atoms with Crippen molar-refractivity contribution >= 4 is 17.4 Å². The third-order valence-electron chi connectivity index (χ3n) is 7.08. The maximum atomic E-state index is 13.3. The van der Waals surface area contributed by atoms with Crippen LogP contribution in [0.15, 0.2) is 54.1 Å². The highest BCUT2D eigenvalue weighted by atomic mass is 16.5. The first kappa shape index (κ1) is 28.6. The Labute approximate surface area is 231 Å². The molecule has 8 nitrogen and oxygen atoms in total. The minimum atomic E-state index is -0.685. The van der Waals surface area contributed by atoms with Gasteiger partial charge in [-0.1, -0.05) is 32.4 Å². The molecule has 0 aromatic heterocycles. The lowest BCUT2D eigenvalue weighted by Crippen LogP contribution is -2.38. The smallest absolute Gasteiger partial charge is 0.295 e. The van der Waals surface area contributed by atoms with Gasteiger partial charge in [0.25, 0.3) is 11.7 Å². The van der Waals surface area contributed by atoms with Gasteiger partial charge in [0, 0.05) is 31.7 Å². The molecule has 1 N–H and O–H groups in total. The number of nitrogens with zero attached hydrogens (tertiary/aromatic N) is 2. The topological polar surface area (TPSA) is 88.5 Å². The van der Waals surface area contributed by atoms with E-state index in [1.807, 2.05) is 31.2 Å². The van der Waals surface area contributed by atoms with Crippen molar-refractivity contribution in [1.29, 1.82) is 0 Å². The van der Waals surface area contributed by atoms with Gasteiger partial charge in [0.15, 0.2) is 0 Å². The van der Waals surface area contributed by atoms with Gasteiger partial charge in [-0.25, -0.2) is 0 Å². The number of benzene rings is 2.